The largest absolute Gasteiger partial charge is 0.496 e. The van der Waals surface area contributed by atoms with E-state index in [0.29, 0.717) is 16.3 Å². The first-order chi connectivity index (χ1) is 13.3. The topological polar surface area (TPSA) is 107 Å². The molecular weight excluding hydrogens is 409 g/mol. The van der Waals surface area contributed by atoms with Crippen molar-refractivity contribution in [3.05, 3.63) is 51.6 Å². The minimum Gasteiger partial charge on any atom is -0.496 e. The molecule has 0 aliphatic carbocycles. The van der Waals surface area contributed by atoms with Gasteiger partial charge in [-0.3, -0.25) is 14.4 Å². The highest BCUT2D eigenvalue weighted by Crippen LogP contribution is 2.28. The van der Waals surface area contributed by atoms with Gasteiger partial charge >= 0.3 is 5.97 Å². The minimum absolute atomic E-state index is 0.106. The zero-order chi connectivity index (χ0) is 20.7. The van der Waals surface area contributed by atoms with Gasteiger partial charge < -0.3 is 20.1 Å². The first-order valence-corrected chi connectivity index (χ1v) is 8.76. The Balaban J connectivity index is 1.81. The maximum absolute atomic E-state index is 12.1. The molecule has 0 radical (unpaired) electrons. The summed E-state index contributed by atoms with van der Waals surface area (Å²) >= 11 is 11.9. The van der Waals surface area contributed by atoms with Gasteiger partial charge in [-0.1, -0.05) is 35.3 Å². The third-order valence-corrected chi connectivity index (χ3v) is 4.41. The molecule has 148 valence electrons. The number of nitrogens with zero attached hydrogens (tertiary/aromatic N) is 1. The zero-order valence-corrected chi connectivity index (χ0v) is 16.6. The van der Waals surface area contributed by atoms with E-state index in [-0.39, 0.29) is 16.4 Å². The van der Waals surface area contributed by atoms with Crippen LogP contribution in [0.25, 0.3) is 0 Å². The van der Waals surface area contributed by atoms with E-state index in [1.165, 1.54) is 13.3 Å². The molecule has 0 aliphatic heterocycles. The van der Waals surface area contributed by atoms with Gasteiger partial charge in [0.25, 0.3) is 11.8 Å². The molecule has 0 atom stereocenters. The van der Waals surface area contributed by atoms with Gasteiger partial charge in [-0.25, -0.2) is 4.98 Å². The van der Waals surface area contributed by atoms with Gasteiger partial charge in [-0.15, -0.1) is 0 Å². The van der Waals surface area contributed by atoms with Crippen LogP contribution in [-0.4, -0.2) is 43.0 Å². The Kier molecular flexibility index (Phi) is 7.60. The molecule has 2 amide bonds. The molecule has 0 unspecified atom stereocenters. The minimum atomic E-state index is -0.787. The number of pyridine rings is 1. The SMILES string of the molecule is COc1ccccc1C(=O)NCC(=O)OCC(=O)Nc1ncc(Cl)c(C)c1Cl. The van der Waals surface area contributed by atoms with Crippen molar-refractivity contribution in [3.63, 3.8) is 0 Å². The molecule has 2 aromatic rings. The second-order valence-electron chi connectivity index (χ2n) is 5.49. The number of hydrogen-bond acceptors (Lipinski definition) is 6. The fraction of sp³-hybridized carbons (Fsp3) is 0.222. The van der Waals surface area contributed by atoms with Gasteiger partial charge in [-0.05, 0) is 24.6 Å². The van der Waals surface area contributed by atoms with Crippen molar-refractivity contribution < 1.29 is 23.9 Å². The summed E-state index contributed by atoms with van der Waals surface area (Å²) in [5, 5.41) is 5.37. The zero-order valence-electron chi connectivity index (χ0n) is 15.0. The lowest BCUT2D eigenvalue weighted by Gasteiger charge is -2.10. The number of methoxy groups -OCH3 is 1. The Morgan fingerprint density at radius 1 is 1.18 bits per heavy atom. The van der Waals surface area contributed by atoms with Crippen molar-refractivity contribution in [1.82, 2.24) is 10.3 Å². The molecule has 28 heavy (non-hydrogen) atoms. The molecule has 1 heterocycles. The number of carbonyl (C=O) groups excluding carboxylic acids is 3. The number of rotatable bonds is 7. The number of nitrogens with one attached hydrogen (secondary N) is 2. The van der Waals surface area contributed by atoms with E-state index in [1.54, 1.807) is 31.2 Å². The molecule has 2 N–H and O–H groups in total. The number of benzene rings is 1. The van der Waals surface area contributed by atoms with Gasteiger partial charge in [0.2, 0.25) is 0 Å². The molecule has 0 bridgehead atoms. The molecule has 0 aliphatic rings. The Bertz CT molecular complexity index is 905. The fourth-order valence-electron chi connectivity index (χ4n) is 2.09. The maximum atomic E-state index is 12.1. The van der Waals surface area contributed by atoms with Crippen molar-refractivity contribution in [3.8, 4) is 5.75 Å². The Morgan fingerprint density at radius 3 is 2.61 bits per heavy atom. The van der Waals surface area contributed by atoms with Gasteiger partial charge in [0.15, 0.2) is 12.4 Å². The van der Waals surface area contributed by atoms with Gasteiger partial charge in [0.1, 0.15) is 12.3 Å². The number of para-hydroxylation sites is 1. The van der Waals surface area contributed by atoms with Crippen LogP contribution < -0.4 is 15.4 Å². The van der Waals surface area contributed by atoms with E-state index in [4.69, 9.17) is 32.7 Å². The summed E-state index contributed by atoms with van der Waals surface area (Å²) in [4.78, 5) is 39.6. The van der Waals surface area contributed by atoms with Crippen LogP contribution in [0.4, 0.5) is 5.82 Å². The molecule has 0 saturated heterocycles. The molecule has 10 heteroatoms. The predicted molar refractivity (Wildman–Crippen MR) is 104 cm³/mol. The van der Waals surface area contributed by atoms with Crippen molar-refractivity contribution in [2.75, 3.05) is 25.6 Å². The number of halogens is 2. The van der Waals surface area contributed by atoms with Crippen molar-refractivity contribution in [2.24, 2.45) is 0 Å². The highest BCUT2D eigenvalue weighted by Gasteiger charge is 2.15. The van der Waals surface area contributed by atoms with Crippen LogP contribution in [0, 0.1) is 6.92 Å². The number of ether oxygens (including phenoxy) is 2. The number of esters is 1. The lowest BCUT2D eigenvalue weighted by molar-refractivity contribution is -0.146. The van der Waals surface area contributed by atoms with Gasteiger partial charge in [0.05, 0.1) is 22.7 Å². The van der Waals surface area contributed by atoms with Crippen LogP contribution in [-0.2, 0) is 14.3 Å². The van der Waals surface area contributed by atoms with Crippen molar-refractivity contribution in [2.45, 2.75) is 6.92 Å². The van der Waals surface area contributed by atoms with E-state index in [2.05, 4.69) is 15.6 Å². The van der Waals surface area contributed by atoms with Crippen LogP contribution in [0.15, 0.2) is 30.5 Å². The summed E-state index contributed by atoms with van der Waals surface area (Å²) in [6.45, 7) is 0.693. The predicted octanol–water partition coefficient (Wildman–Crippen LogP) is 2.62. The molecule has 1 aromatic heterocycles. The number of anilines is 1. The van der Waals surface area contributed by atoms with Crippen molar-refractivity contribution in [1.29, 1.82) is 0 Å². The standard InChI is InChI=1S/C18H17Cl2N3O5/c1-10-12(19)7-21-17(16(10)20)23-14(24)9-28-15(25)8-22-18(26)11-5-3-4-6-13(11)27-2/h3-7H,8-9H2,1-2H3,(H,22,26)(H,21,23,24). The van der Waals surface area contributed by atoms with E-state index in [1.807, 2.05) is 0 Å². The summed E-state index contributed by atoms with van der Waals surface area (Å²) in [5.74, 6) is -1.46. The number of carbonyl (C=O) groups is 3. The second kappa shape index (κ2) is 9.91. The normalized spacial score (nSPS) is 10.1. The fourth-order valence-corrected chi connectivity index (χ4v) is 2.48. The highest BCUT2D eigenvalue weighted by molar-refractivity contribution is 6.37. The molecule has 0 fully saturated rings. The summed E-state index contributed by atoms with van der Waals surface area (Å²) in [5.41, 5.74) is 0.832. The van der Waals surface area contributed by atoms with Crippen molar-refractivity contribution >= 4 is 46.8 Å². The first kappa shape index (κ1) is 21.5. The van der Waals surface area contributed by atoms with E-state index < -0.39 is 30.9 Å². The third kappa shape index (κ3) is 5.58. The summed E-state index contributed by atoms with van der Waals surface area (Å²) in [7, 11) is 1.43. The lowest BCUT2D eigenvalue weighted by atomic mass is 10.2. The summed E-state index contributed by atoms with van der Waals surface area (Å²) in [6, 6.07) is 6.55. The second-order valence-corrected chi connectivity index (χ2v) is 6.27. The monoisotopic (exact) mass is 425 g/mol. The van der Waals surface area contributed by atoms with Crippen LogP contribution in [0.1, 0.15) is 15.9 Å². The van der Waals surface area contributed by atoms with E-state index in [9.17, 15) is 14.4 Å². The Hall–Kier alpha value is -2.84. The summed E-state index contributed by atoms with van der Waals surface area (Å²) < 4.78 is 9.90. The molecule has 0 spiro atoms. The third-order valence-electron chi connectivity index (χ3n) is 3.57. The maximum Gasteiger partial charge on any atom is 0.325 e. The molecular formula is C18H17Cl2N3O5. The first-order valence-electron chi connectivity index (χ1n) is 8.00. The Morgan fingerprint density at radius 2 is 1.89 bits per heavy atom. The van der Waals surface area contributed by atoms with Crippen LogP contribution >= 0.6 is 23.2 Å². The van der Waals surface area contributed by atoms with Gasteiger partial charge in [0, 0.05) is 6.20 Å². The van der Waals surface area contributed by atoms with E-state index >= 15 is 0 Å². The smallest absolute Gasteiger partial charge is 0.325 e. The van der Waals surface area contributed by atoms with E-state index in [0.717, 1.165) is 0 Å². The number of amides is 2. The van der Waals surface area contributed by atoms with Gasteiger partial charge in [-0.2, -0.15) is 0 Å². The molecule has 8 nitrogen and oxygen atoms in total. The average molecular weight is 426 g/mol. The summed E-state index contributed by atoms with van der Waals surface area (Å²) in [6.07, 6.45) is 1.35. The average Bonchev–Trinajstić information content (AvgIpc) is 2.70. The lowest BCUT2D eigenvalue weighted by Crippen LogP contribution is -2.32. The number of hydrogen-bond donors (Lipinski definition) is 2. The van der Waals surface area contributed by atoms with Crippen LogP contribution in [0.3, 0.4) is 0 Å². The Labute approximate surface area is 171 Å². The highest BCUT2D eigenvalue weighted by atomic mass is 35.5. The molecule has 0 saturated carbocycles. The molecule has 2 rings (SSSR count). The molecule has 1 aromatic carbocycles. The van der Waals surface area contributed by atoms with Crippen LogP contribution in [0.5, 0.6) is 5.75 Å². The number of aromatic nitrogens is 1. The quantitative estimate of drug-likeness (QED) is 0.660. The van der Waals surface area contributed by atoms with Crippen LogP contribution in [0.2, 0.25) is 10.0 Å².